The van der Waals surface area contributed by atoms with Crippen LogP contribution in [0.3, 0.4) is 0 Å². The largest absolute Gasteiger partial charge is 0.326 e. The molecule has 0 spiro atoms. The number of imidazole rings is 1. The first-order chi connectivity index (χ1) is 13.5. The molecule has 0 aliphatic carbocycles. The first-order valence-corrected chi connectivity index (χ1v) is 10.0. The molecule has 4 rings (SSSR count). The highest BCUT2D eigenvalue weighted by atomic mass is 35.5. The second-order valence-electron chi connectivity index (χ2n) is 6.52. The first kappa shape index (κ1) is 18.7. The molecule has 0 atom stereocenters. The Kier molecular flexibility index (Phi) is 5.15. The molecule has 28 heavy (non-hydrogen) atoms. The summed E-state index contributed by atoms with van der Waals surface area (Å²) in [7, 11) is 0. The van der Waals surface area contributed by atoms with Gasteiger partial charge in [-0.2, -0.15) is 0 Å². The van der Waals surface area contributed by atoms with Crippen LogP contribution in [-0.4, -0.2) is 15.3 Å². The summed E-state index contributed by atoms with van der Waals surface area (Å²) in [5.74, 6) is -0.480. The van der Waals surface area contributed by atoms with Gasteiger partial charge in [0.25, 0.3) is 0 Å². The molecule has 0 aliphatic rings. The molecular weight excluding hydrogens is 397 g/mol. The van der Waals surface area contributed by atoms with Crippen LogP contribution in [0.2, 0.25) is 5.02 Å². The van der Waals surface area contributed by atoms with Crippen molar-refractivity contribution in [2.75, 3.05) is 5.32 Å². The molecule has 7 heteroatoms. The lowest BCUT2D eigenvalue weighted by atomic mass is 10.2. The minimum absolute atomic E-state index is 0.152. The van der Waals surface area contributed by atoms with E-state index in [0.717, 1.165) is 21.9 Å². The van der Waals surface area contributed by atoms with Gasteiger partial charge in [0.05, 0.1) is 5.69 Å². The van der Waals surface area contributed by atoms with Crippen molar-refractivity contribution < 1.29 is 9.18 Å². The van der Waals surface area contributed by atoms with Crippen LogP contribution in [0, 0.1) is 12.7 Å². The lowest BCUT2D eigenvalue weighted by Crippen LogP contribution is -2.13. The number of carbonyl (C=O) groups is 1. The van der Waals surface area contributed by atoms with Crippen molar-refractivity contribution in [2.24, 2.45) is 0 Å². The Hall–Kier alpha value is -2.70. The maximum atomic E-state index is 13.6. The number of thiazole rings is 1. The summed E-state index contributed by atoms with van der Waals surface area (Å²) in [4.78, 5) is 17.7. The maximum absolute atomic E-state index is 13.6. The lowest BCUT2D eigenvalue weighted by molar-refractivity contribution is -0.116. The zero-order valence-electron chi connectivity index (χ0n) is 15.1. The van der Waals surface area contributed by atoms with Crippen LogP contribution in [0.4, 0.5) is 10.1 Å². The minimum atomic E-state index is -0.328. The molecule has 4 aromatic rings. The van der Waals surface area contributed by atoms with E-state index in [1.165, 1.54) is 17.4 Å². The number of hydrogen-bond donors (Lipinski definition) is 1. The van der Waals surface area contributed by atoms with Gasteiger partial charge in [0.15, 0.2) is 4.96 Å². The van der Waals surface area contributed by atoms with Gasteiger partial charge in [0.1, 0.15) is 5.82 Å². The quantitative estimate of drug-likeness (QED) is 0.453. The van der Waals surface area contributed by atoms with E-state index in [2.05, 4.69) is 10.3 Å². The van der Waals surface area contributed by atoms with Crippen molar-refractivity contribution in [3.8, 4) is 11.3 Å². The summed E-state index contributed by atoms with van der Waals surface area (Å²) in [5, 5.41) is 5.44. The molecule has 0 radical (unpaired) electrons. The van der Waals surface area contributed by atoms with Gasteiger partial charge in [-0.1, -0.05) is 29.8 Å². The molecule has 0 fully saturated rings. The number of amides is 1. The van der Waals surface area contributed by atoms with Gasteiger partial charge in [-0.25, -0.2) is 9.37 Å². The maximum Gasteiger partial charge on any atom is 0.224 e. The van der Waals surface area contributed by atoms with Crippen LogP contribution >= 0.6 is 22.9 Å². The highest BCUT2D eigenvalue weighted by Crippen LogP contribution is 2.25. The number of aromatic nitrogens is 2. The van der Waals surface area contributed by atoms with E-state index in [1.807, 2.05) is 40.2 Å². The standard InChI is InChI=1S/C21H17ClFN3OS/c1-13-2-7-16(10-18(13)23)24-20(27)9-8-17-12-28-21-25-19(11-26(17)21)14-3-5-15(22)6-4-14/h2-7,10-12H,8-9H2,1H3,(H,24,27). The van der Waals surface area contributed by atoms with E-state index < -0.39 is 0 Å². The summed E-state index contributed by atoms with van der Waals surface area (Å²) < 4.78 is 15.6. The number of fused-ring (bicyclic) bond motifs is 1. The summed E-state index contributed by atoms with van der Waals surface area (Å²) in [6, 6.07) is 12.2. The summed E-state index contributed by atoms with van der Waals surface area (Å²) in [6.45, 7) is 1.69. The Bertz CT molecular complexity index is 1150. The Morgan fingerprint density at radius 3 is 2.79 bits per heavy atom. The van der Waals surface area contributed by atoms with Gasteiger partial charge in [0, 0.05) is 40.0 Å². The molecular formula is C21H17ClFN3OS. The molecule has 0 unspecified atom stereocenters. The molecule has 1 N–H and O–H groups in total. The van der Waals surface area contributed by atoms with Gasteiger partial charge in [-0.3, -0.25) is 9.20 Å². The zero-order chi connectivity index (χ0) is 19.7. The predicted octanol–water partition coefficient (Wildman–Crippen LogP) is 5.74. The molecule has 0 saturated heterocycles. The van der Waals surface area contributed by atoms with E-state index >= 15 is 0 Å². The second kappa shape index (κ2) is 7.73. The van der Waals surface area contributed by atoms with Gasteiger partial charge < -0.3 is 5.32 Å². The molecule has 1 amide bonds. The minimum Gasteiger partial charge on any atom is -0.326 e. The number of hydrogen-bond acceptors (Lipinski definition) is 3. The summed E-state index contributed by atoms with van der Waals surface area (Å²) in [6.07, 6.45) is 2.84. The zero-order valence-corrected chi connectivity index (χ0v) is 16.6. The van der Waals surface area contributed by atoms with Crippen molar-refractivity contribution in [2.45, 2.75) is 19.8 Å². The van der Waals surface area contributed by atoms with Crippen LogP contribution in [0.15, 0.2) is 54.0 Å². The Balaban J connectivity index is 1.45. The predicted molar refractivity (Wildman–Crippen MR) is 112 cm³/mol. The molecule has 2 aromatic heterocycles. The van der Waals surface area contributed by atoms with Crippen LogP contribution < -0.4 is 5.32 Å². The number of carbonyl (C=O) groups excluding carboxylic acids is 1. The number of aryl methyl sites for hydroxylation is 2. The van der Waals surface area contributed by atoms with E-state index in [9.17, 15) is 9.18 Å². The topological polar surface area (TPSA) is 46.4 Å². The van der Waals surface area contributed by atoms with Crippen molar-refractivity contribution in [1.29, 1.82) is 0 Å². The van der Waals surface area contributed by atoms with Gasteiger partial charge in [-0.15, -0.1) is 11.3 Å². The fraction of sp³-hybridized carbons (Fsp3) is 0.143. The van der Waals surface area contributed by atoms with E-state index in [-0.39, 0.29) is 11.7 Å². The summed E-state index contributed by atoms with van der Waals surface area (Å²) >= 11 is 7.48. The number of nitrogens with one attached hydrogen (secondary N) is 1. The Morgan fingerprint density at radius 2 is 2.04 bits per heavy atom. The third kappa shape index (κ3) is 3.93. The molecule has 0 bridgehead atoms. The Labute approximate surface area is 170 Å². The normalized spacial score (nSPS) is 11.1. The highest BCUT2D eigenvalue weighted by molar-refractivity contribution is 7.15. The van der Waals surface area contributed by atoms with Gasteiger partial charge in [0.2, 0.25) is 5.91 Å². The first-order valence-electron chi connectivity index (χ1n) is 8.77. The van der Waals surface area contributed by atoms with Gasteiger partial charge >= 0.3 is 0 Å². The number of nitrogens with zero attached hydrogens (tertiary/aromatic N) is 2. The third-order valence-electron chi connectivity index (χ3n) is 4.49. The van der Waals surface area contributed by atoms with Gasteiger partial charge in [-0.05, 0) is 43.2 Å². The number of rotatable bonds is 5. The summed E-state index contributed by atoms with van der Waals surface area (Å²) in [5.41, 5.74) is 3.89. The average Bonchev–Trinajstić information content (AvgIpc) is 3.25. The van der Waals surface area contributed by atoms with Crippen molar-refractivity contribution in [3.05, 3.63) is 76.1 Å². The van der Waals surface area contributed by atoms with Crippen molar-refractivity contribution in [1.82, 2.24) is 9.38 Å². The van der Waals surface area contributed by atoms with E-state index in [4.69, 9.17) is 11.6 Å². The number of anilines is 1. The monoisotopic (exact) mass is 413 g/mol. The smallest absolute Gasteiger partial charge is 0.224 e. The molecule has 2 heterocycles. The molecule has 142 valence electrons. The fourth-order valence-electron chi connectivity index (χ4n) is 2.90. The second-order valence-corrected chi connectivity index (χ2v) is 7.80. The average molecular weight is 414 g/mol. The van der Waals surface area contributed by atoms with Crippen molar-refractivity contribution in [3.63, 3.8) is 0 Å². The van der Waals surface area contributed by atoms with Crippen molar-refractivity contribution >= 4 is 39.5 Å². The van der Waals surface area contributed by atoms with E-state index in [1.54, 1.807) is 19.1 Å². The fourth-order valence-corrected chi connectivity index (χ4v) is 3.94. The molecule has 0 saturated carbocycles. The SMILES string of the molecule is Cc1ccc(NC(=O)CCc2csc3nc(-c4ccc(Cl)cc4)cn23)cc1F. The van der Waals surface area contributed by atoms with Crippen LogP contribution in [0.25, 0.3) is 16.2 Å². The number of benzene rings is 2. The highest BCUT2D eigenvalue weighted by Gasteiger charge is 2.12. The van der Waals surface area contributed by atoms with Crippen LogP contribution in [0.1, 0.15) is 17.7 Å². The molecule has 4 nitrogen and oxygen atoms in total. The Morgan fingerprint density at radius 1 is 1.25 bits per heavy atom. The molecule has 0 aliphatic heterocycles. The third-order valence-corrected chi connectivity index (χ3v) is 5.63. The van der Waals surface area contributed by atoms with E-state index in [0.29, 0.717) is 29.1 Å². The molecule has 2 aromatic carbocycles. The lowest BCUT2D eigenvalue weighted by Gasteiger charge is -2.06. The van der Waals surface area contributed by atoms with Crippen LogP contribution in [-0.2, 0) is 11.2 Å². The number of halogens is 2. The van der Waals surface area contributed by atoms with Crippen LogP contribution in [0.5, 0.6) is 0 Å².